The molecule has 1 heterocycles. The highest BCUT2D eigenvalue weighted by molar-refractivity contribution is 6.30. The van der Waals surface area contributed by atoms with E-state index in [4.69, 9.17) is 21.1 Å². The minimum atomic E-state index is -0.544. The Labute approximate surface area is 98.1 Å². The Hall–Kier alpha value is -1.26. The average molecular weight is 243 g/mol. The van der Waals surface area contributed by atoms with E-state index >= 15 is 0 Å². The van der Waals surface area contributed by atoms with Crippen molar-refractivity contribution in [1.29, 1.82) is 0 Å². The molecule has 1 fully saturated rings. The zero-order valence-corrected chi connectivity index (χ0v) is 9.65. The maximum absolute atomic E-state index is 11.2. The molecule has 0 N–H and O–H groups in total. The van der Waals surface area contributed by atoms with Gasteiger partial charge in [-0.3, -0.25) is 0 Å². The van der Waals surface area contributed by atoms with Gasteiger partial charge in [0.2, 0.25) is 0 Å². The molecule has 0 aliphatic carbocycles. The summed E-state index contributed by atoms with van der Waals surface area (Å²) in [5.41, 5.74) is 0.769. The van der Waals surface area contributed by atoms with Crippen molar-refractivity contribution in [3.63, 3.8) is 0 Å². The van der Waals surface area contributed by atoms with Crippen molar-refractivity contribution >= 4 is 17.6 Å². The Kier molecular flexibility index (Phi) is 3.03. The summed E-state index contributed by atoms with van der Waals surface area (Å²) in [6, 6.07) is 5.20. The van der Waals surface area contributed by atoms with E-state index < -0.39 is 6.10 Å². The summed E-state index contributed by atoms with van der Waals surface area (Å²) < 4.78 is 15.0. The summed E-state index contributed by atoms with van der Waals surface area (Å²) >= 11 is 5.88. The van der Waals surface area contributed by atoms with Gasteiger partial charge in [-0.25, -0.2) is 4.79 Å². The second kappa shape index (κ2) is 4.31. The van der Waals surface area contributed by atoms with E-state index in [2.05, 4.69) is 4.74 Å². The van der Waals surface area contributed by atoms with Gasteiger partial charge in [0, 0.05) is 10.6 Å². The third kappa shape index (κ3) is 1.99. The molecule has 1 aliphatic heterocycles. The summed E-state index contributed by atoms with van der Waals surface area (Å²) in [6.45, 7) is 0. The lowest BCUT2D eigenvalue weighted by Gasteiger charge is -2.06. The number of epoxide rings is 1. The number of carbonyl (C=O) groups excluding carboxylic acids is 1. The van der Waals surface area contributed by atoms with Gasteiger partial charge in [-0.05, 0) is 18.2 Å². The largest absolute Gasteiger partial charge is 0.496 e. The van der Waals surface area contributed by atoms with Crippen LogP contribution in [-0.2, 0) is 14.3 Å². The zero-order chi connectivity index (χ0) is 11.7. The number of benzene rings is 1. The molecule has 4 nitrogen and oxygen atoms in total. The summed E-state index contributed by atoms with van der Waals surface area (Å²) in [5.74, 6) is 0.271. The van der Waals surface area contributed by atoms with Crippen LogP contribution in [0.25, 0.3) is 0 Å². The molecular formula is C11H11ClO4. The van der Waals surface area contributed by atoms with Crippen LogP contribution < -0.4 is 4.74 Å². The lowest BCUT2D eigenvalue weighted by molar-refractivity contribution is -0.142. The van der Waals surface area contributed by atoms with E-state index in [1.807, 2.05) is 0 Å². The van der Waals surface area contributed by atoms with Crippen molar-refractivity contribution in [1.82, 2.24) is 0 Å². The molecule has 0 unspecified atom stereocenters. The Morgan fingerprint density at radius 2 is 2.19 bits per heavy atom. The third-order valence-corrected chi connectivity index (χ3v) is 2.66. The van der Waals surface area contributed by atoms with Gasteiger partial charge < -0.3 is 14.2 Å². The van der Waals surface area contributed by atoms with Crippen molar-refractivity contribution in [2.75, 3.05) is 14.2 Å². The molecule has 2 atom stereocenters. The van der Waals surface area contributed by atoms with E-state index in [0.717, 1.165) is 5.56 Å². The molecule has 0 amide bonds. The first-order chi connectivity index (χ1) is 7.67. The van der Waals surface area contributed by atoms with Gasteiger partial charge in [-0.2, -0.15) is 0 Å². The monoisotopic (exact) mass is 242 g/mol. The van der Waals surface area contributed by atoms with Crippen LogP contribution in [0.4, 0.5) is 0 Å². The molecule has 0 saturated carbocycles. The van der Waals surface area contributed by atoms with Gasteiger partial charge in [0.05, 0.1) is 14.2 Å². The summed E-state index contributed by atoms with van der Waals surface area (Å²) in [7, 11) is 2.89. The highest BCUT2D eigenvalue weighted by Crippen LogP contribution is 2.44. The van der Waals surface area contributed by atoms with Gasteiger partial charge in [0.15, 0.2) is 6.10 Å². The topological polar surface area (TPSA) is 48.1 Å². The highest BCUT2D eigenvalue weighted by Gasteiger charge is 2.48. The fraction of sp³-hybridized carbons (Fsp3) is 0.364. The van der Waals surface area contributed by atoms with Crippen LogP contribution in [0.3, 0.4) is 0 Å². The number of carbonyl (C=O) groups is 1. The van der Waals surface area contributed by atoms with Crippen LogP contribution in [0.2, 0.25) is 5.02 Å². The minimum absolute atomic E-state index is 0.318. The number of hydrogen-bond donors (Lipinski definition) is 0. The van der Waals surface area contributed by atoms with E-state index in [0.29, 0.717) is 10.8 Å². The molecule has 5 heteroatoms. The molecule has 0 radical (unpaired) electrons. The predicted molar refractivity (Wildman–Crippen MR) is 57.6 cm³/mol. The van der Waals surface area contributed by atoms with Crippen LogP contribution in [-0.4, -0.2) is 26.3 Å². The first kappa shape index (κ1) is 11.2. The van der Waals surface area contributed by atoms with Crippen LogP contribution in [0, 0.1) is 0 Å². The minimum Gasteiger partial charge on any atom is -0.496 e. The summed E-state index contributed by atoms with van der Waals surface area (Å²) in [4.78, 5) is 11.2. The molecule has 16 heavy (non-hydrogen) atoms. The first-order valence-corrected chi connectivity index (χ1v) is 5.12. The Bertz CT molecular complexity index is 418. The standard InChI is InChI=1S/C11H11ClO4/c1-14-8-4-3-6(12)5-7(8)9-10(16-9)11(13)15-2/h3-5,9-10H,1-2H3/t9-,10+/m0/s1. The maximum atomic E-state index is 11.2. The van der Waals surface area contributed by atoms with Crippen molar-refractivity contribution in [2.24, 2.45) is 0 Å². The summed E-state index contributed by atoms with van der Waals surface area (Å²) in [6.07, 6.45) is -0.863. The van der Waals surface area contributed by atoms with Gasteiger partial charge in [-0.15, -0.1) is 0 Å². The molecule has 1 aromatic rings. The smallest absolute Gasteiger partial charge is 0.338 e. The summed E-state index contributed by atoms with van der Waals surface area (Å²) in [5, 5.41) is 0.579. The normalized spacial score (nSPS) is 22.7. The van der Waals surface area contributed by atoms with E-state index in [1.54, 1.807) is 25.3 Å². The lowest BCUT2D eigenvalue weighted by atomic mass is 10.1. The average Bonchev–Trinajstić information content (AvgIpc) is 3.08. The Morgan fingerprint density at radius 1 is 1.44 bits per heavy atom. The second-order valence-corrected chi connectivity index (χ2v) is 3.82. The van der Waals surface area contributed by atoms with Crippen LogP contribution in [0.5, 0.6) is 5.75 Å². The van der Waals surface area contributed by atoms with E-state index in [1.165, 1.54) is 7.11 Å². The fourth-order valence-electron chi connectivity index (χ4n) is 1.57. The molecule has 0 aromatic heterocycles. The molecular weight excluding hydrogens is 232 g/mol. The molecule has 2 rings (SSSR count). The van der Waals surface area contributed by atoms with Crippen molar-refractivity contribution in [3.8, 4) is 5.75 Å². The SMILES string of the molecule is COC(=O)[C@@H]1O[C@H]1c1cc(Cl)ccc1OC. The Morgan fingerprint density at radius 3 is 2.81 bits per heavy atom. The highest BCUT2D eigenvalue weighted by atomic mass is 35.5. The zero-order valence-electron chi connectivity index (χ0n) is 8.90. The van der Waals surface area contributed by atoms with Gasteiger partial charge in [0.25, 0.3) is 0 Å². The number of esters is 1. The lowest BCUT2D eigenvalue weighted by Crippen LogP contribution is -2.09. The van der Waals surface area contributed by atoms with E-state index in [-0.39, 0.29) is 12.1 Å². The molecule has 0 spiro atoms. The number of methoxy groups -OCH3 is 2. The molecule has 1 aromatic carbocycles. The first-order valence-electron chi connectivity index (χ1n) is 4.74. The molecule has 86 valence electrons. The van der Waals surface area contributed by atoms with Crippen LogP contribution >= 0.6 is 11.6 Å². The van der Waals surface area contributed by atoms with Crippen molar-refractivity contribution < 1.29 is 19.0 Å². The number of ether oxygens (including phenoxy) is 3. The van der Waals surface area contributed by atoms with Crippen molar-refractivity contribution in [2.45, 2.75) is 12.2 Å². The van der Waals surface area contributed by atoms with Crippen LogP contribution in [0.1, 0.15) is 11.7 Å². The van der Waals surface area contributed by atoms with Gasteiger partial charge in [-0.1, -0.05) is 11.6 Å². The third-order valence-electron chi connectivity index (χ3n) is 2.42. The number of hydrogen-bond acceptors (Lipinski definition) is 4. The molecule has 0 bridgehead atoms. The molecule has 1 aliphatic rings. The number of rotatable bonds is 3. The number of halogens is 1. The quantitative estimate of drug-likeness (QED) is 0.601. The predicted octanol–water partition coefficient (Wildman–Crippen LogP) is 1.96. The van der Waals surface area contributed by atoms with Crippen molar-refractivity contribution in [3.05, 3.63) is 28.8 Å². The van der Waals surface area contributed by atoms with Gasteiger partial charge in [0.1, 0.15) is 11.9 Å². The fourth-order valence-corrected chi connectivity index (χ4v) is 1.75. The Balaban J connectivity index is 2.22. The second-order valence-electron chi connectivity index (χ2n) is 3.39. The molecule has 1 saturated heterocycles. The van der Waals surface area contributed by atoms with Crippen LogP contribution in [0.15, 0.2) is 18.2 Å². The van der Waals surface area contributed by atoms with Gasteiger partial charge >= 0.3 is 5.97 Å². The maximum Gasteiger partial charge on any atom is 0.338 e. The van der Waals surface area contributed by atoms with E-state index in [9.17, 15) is 4.79 Å².